The van der Waals surface area contributed by atoms with E-state index in [1.54, 1.807) is 0 Å². The summed E-state index contributed by atoms with van der Waals surface area (Å²) in [6.07, 6.45) is 10.2. The Bertz CT molecular complexity index is 86.4. The second-order valence-electron chi connectivity index (χ2n) is 2.53. The molecular formula is C7H13B. The Morgan fingerprint density at radius 3 is 2.88 bits per heavy atom. The molecule has 44 valence electrons. The standard InChI is InChI=1S/C7H13B/c8-6-7-4-2-1-3-5-7/h2,4,7H,1,3,5-6,8H2. The molecule has 0 fully saturated rings. The highest BCUT2D eigenvalue weighted by Gasteiger charge is 2.03. The van der Waals surface area contributed by atoms with Crippen molar-refractivity contribution in [2.24, 2.45) is 5.92 Å². The van der Waals surface area contributed by atoms with Gasteiger partial charge in [0.15, 0.2) is 0 Å². The quantitative estimate of drug-likeness (QED) is 0.351. The lowest BCUT2D eigenvalue weighted by molar-refractivity contribution is 0.584. The van der Waals surface area contributed by atoms with Gasteiger partial charge in [-0.2, -0.15) is 0 Å². The van der Waals surface area contributed by atoms with E-state index in [0.717, 1.165) is 5.92 Å². The lowest BCUT2D eigenvalue weighted by Crippen LogP contribution is -1.98. The molecule has 0 aliphatic heterocycles. The first-order chi connectivity index (χ1) is 3.93. The molecule has 0 spiro atoms. The summed E-state index contributed by atoms with van der Waals surface area (Å²) in [5.74, 6) is 0.906. The monoisotopic (exact) mass is 108 g/mol. The largest absolute Gasteiger partial charge is 0.102 e. The van der Waals surface area contributed by atoms with Crippen molar-refractivity contribution in [2.75, 3.05) is 0 Å². The van der Waals surface area contributed by atoms with Crippen LogP contribution in [0.4, 0.5) is 0 Å². The molecule has 0 heterocycles. The third-order valence-electron chi connectivity index (χ3n) is 1.88. The fourth-order valence-electron chi connectivity index (χ4n) is 1.22. The van der Waals surface area contributed by atoms with Gasteiger partial charge in [0.2, 0.25) is 0 Å². The molecule has 1 aliphatic carbocycles. The van der Waals surface area contributed by atoms with Crippen LogP contribution in [0.3, 0.4) is 0 Å². The fourth-order valence-corrected chi connectivity index (χ4v) is 1.22. The molecule has 1 heteroatoms. The predicted molar refractivity (Wildman–Crippen MR) is 39.8 cm³/mol. The van der Waals surface area contributed by atoms with Crippen LogP contribution in [0.2, 0.25) is 6.32 Å². The van der Waals surface area contributed by atoms with Gasteiger partial charge in [-0.25, -0.2) is 0 Å². The molecule has 0 bridgehead atoms. The summed E-state index contributed by atoms with van der Waals surface area (Å²) >= 11 is 0. The van der Waals surface area contributed by atoms with Crippen LogP contribution in [-0.4, -0.2) is 7.85 Å². The fraction of sp³-hybridized carbons (Fsp3) is 0.714. The van der Waals surface area contributed by atoms with Crippen LogP contribution in [0.1, 0.15) is 19.3 Å². The highest BCUT2D eigenvalue weighted by atomic mass is 14.1. The lowest BCUT2D eigenvalue weighted by atomic mass is 9.85. The molecular weight excluding hydrogens is 94.9 g/mol. The zero-order valence-corrected chi connectivity index (χ0v) is 5.56. The topological polar surface area (TPSA) is 0 Å². The second kappa shape index (κ2) is 2.96. The third kappa shape index (κ3) is 1.39. The zero-order chi connectivity index (χ0) is 5.82. The first-order valence-corrected chi connectivity index (χ1v) is 3.60. The Hall–Kier alpha value is -0.195. The third-order valence-corrected chi connectivity index (χ3v) is 1.88. The van der Waals surface area contributed by atoms with Crippen LogP contribution in [0, 0.1) is 5.92 Å². The van der Waals surface area contributed by atoms with E-state index in [1.807, 2.05) is 0 Å². The Kier molecular flexibility index (Phi) is 2.19. The summed E-state index contributed by atoms with van der Waals surface area (Å²) in [6, 6.07) is 0. The van der Waals surface area contributed by atoms with Crippen molar-refractivity contribution in [3.8, 4) is 0 Å². The normalized spacial score (nSPS) is 28.2. The number of hydrogen-bond acceptors (Lipinski definition) is 0. The van der Waals surface area contributed by atoms with E-state index >= 15 is 0 Å². The van der Waals surface area contributed by atoms with E-state index in [9.17, 15) is 0 Å². The summed E-state index contributed by atoms with van der Waals surface area (Å²) in [5, 5.41) is 0. The molecule has 0 amide bonds. The van der Waals surface area contributed by atoms with Gasteiger partial charge in [-0.1, -0.05) is 18.5 Å². The van der Waals surface area contributed by atoms with E-state index in [1.165, 1.54) is 25.6 Å². The molecule has 0 radical (unpaired) electrons. The van der Waals surface area contributed by atoms with Gasteiger partial charge in [-0.05, 0) is 25.2 Å². The van der Waals surface area contributed by atoms with Crippen molar-refractivity contribution in [3.05, 3.63) is 12.2 Å². The first kappa shape index (κ1) is 5.93. The molecule has 0 nitrogen and oxygen atoms in total. The van der Waals surface area contributed by atoms with E-state index in [2.05, 4.69) is 20.0 Å². The van der Waals surface area contributed by atoms with E-state index in [0.29, 0.717) is 0 Å². The lowest BCUT2D eigenvalue weighted by Gasteiger charge is -2.12. The van der Waals surface area contributed by atoms with Gasteiger partial charge in [0.25, 0.3) is 0 Å². The number of hydrogen-bond donors (Lipinski definition) is 0. The summed E-state index contributed by atoms with van der Waals surface area (Å²) in [7, 11) is 2.26. The molecule has 1 rings (SSSR count). The predicted octanol–water partition coefficient (Wildman–Crippen LogP) is 1.39. The summed E-state index contributed by atoms with van der Waals surface area (Å²) in [4.78, 5) is 0. The molecule has 8 heavy (non-hydrogen) atoms. The Balaban J connectivity index is 2.32. The Morgan fingerprint density at radius 2 is 2.50 bits per heavy atom. The average Bonchev–Trinajstić information content (AvgIpc) is 1.90. The maximum atomic E-state index is 2.36. The van der Waals surface area contributed by atoms with Crippen LogP contribution in [0.15, 0.2) is 12.2 Å². The SMILES string of the molecule is BCC1C=CCCC1. The Labute approximate surface area is 52.4 Å². The van der Waals surface area contributed by atoms with Crippen molar-refractivity contribution in [3.63, 3.8) is 0 Å². The van der Waals surface area contributed by atoms with Crippen LogP contribution >= 0.6 is 0 Å². The van der Waals surface area contributed by atoms with Gasteiger partial charge in [0.05, 0.1) is 0 Å². The van der Waals surface area contributed by atoms with E-state index in [4.69, 9.17) is 0 Å². The molecule has 1 aliphatic rings. The van der Waals surface area contributed by atoms with E-state index < -0.39 is 0 Å². The van der Waals surface area contributed by atoms with Crippen molar-refractivity contribution in [1.29, 1.82) is 0 Å². The first-order valence-electron chi connectivity index (χ1n) is 3.60. The maximum absolute atomic E-state index is 2.36. The second-order valence-corrected chi connectivity index (χ2v) is 2.53. The van der Waals surface area contributed by atoms with Crippen molar-refractivity contribution >= 4 is 7.85 Å². The van der Waals surface area contributed by atoms with Gasteiger partial charge in [0.1, 0.15) is 7.85 Å². The minimum absolute atomic E-state index is 0.906. The minimum Gasteiger partial charge on any atom is -0.0883 e. The maximum Gasteiger partial charge on any atom is 0.102 e. The summed E-state index contributed by atoms with van der Waals surface area (Å²) in [5.41, 5.74) is 0. The molecule has 0 aromatic heterocycles. The highest BCUT2D eigenvalue weighted by molar-refractivity contribution is 6.08. The van der Waals surface area contributed by atoms with Crippen LogP contribution in [0.5, 0.6) is 0 Å². The smallest absolute Gasteiger partial charge is 0.0883 e. The summed E-state index contributed by atoms with van der Waals surface area (Å²) < 4.78 is 0. The number of rotatable bonds is 1. The van der Waals surface area contributed by atoms with Crippen molar-refractivity contribution in [2.45, 2.75) is 25.6 Å². The van der Waals surface area contributed by atoms with Gasteiger partial charge in [0, 0.05) is 0 Å². The van der Waals surface area contributed by atoms with Crippen LogP contribution in [-0.2, 0) is 0 Å². The molecule has 0 aromatic carbocycles. The summed E-state index contributed by atoms with van der Waals surface area (Å²) in [6.45, 7) is 0. The van der Waals surface area contributed by atoms with Gasteiger partial charge in [-0.3, -0.25) is 0 Å². The highest BCUT2D eigenvalue weighted by Crippen LogP contribution is 2.18. The van der Waals surface area contributed by atoms with Gasteiger partial charge >= 0.3 is 0 Å². The van der Waals surface area contributed by atoms with Gasteiger partial charge < -0.3 is 0 Å². The van der Waals surface area contributed by atoms with Crippen LogP contribution < -0.4 is 0 Å². The average molecular weight is 108 g/mol. The zero-order valence-electron chi connectivity index (χ0n) is 5.56. The molecule has 0 saturated heterocycles. The van der Waals surface area contributed by atoms with Crippen molar-refractivity contribution < 1.29 is 0 Å². The Morgan fingerprint density at radius 1 is 1.62 bits per heavy atom. The number of allylic oxidation sites excluding steroid dienone is 2. The van der Waals surface area contributed by atoms with Crippen molar-refractivity contribution in [1.82, 2.24) is 0 Å². The molecule has 0 saturated carbocycles. The molecule has 0 aromatic rings. The van der Waals surface area contributed by atoms with Crippen LogP contribution in [0.25, 0.3) is 0 Å². The minimum atomic E-state index is 0.906. The van der Waals surface area contributed by atoms with Gasteiger partial charge in [-0.15, -0.1) is 0 Å². The molecule has 0 N–H and O–H groups in total. The molecule has 1 atom stereocenters. The van der Waals surface area contributed by atoms with E-state index in [-0.39, 0.29) is 0 Å². The molecule has 1 unspecified atom stereocenters.